The van der Waals surface area contributed by atoms with E-state index in [0.29, 0.717) is 0 Å². The Kier molecular flexibility index (Phi) is 4.92. The molecule has 1 aromatic carbocycles. The van der Waals surface area contributed by atoms with Crippen LogP contribution in [0.1, 0.15) is 46.1 Å². The van der Waals surface area contributed by atoms with E-state index in [-0.39, 0.29) is 11.3 Å². The van der Waals surface area contributed by atoms with Crippen molar-refractivity contribution in [2.24, 2.45) is 5.41 Å². The summed E-state index contributed by atoms with van der Waals surface area (Å²) in [7, 11) is 0. The summed E-state index contributed by atoms with van der Waals surface area (Å²) < 4.78 is 5.93. The van der Waals surface area contributed by atoms with Crippen molar-refractivity contribution in [3.8, 4) is 5.75 Å². The maximum atomic E-state index is 12.6. The zero-order valence-corrected chi connectivity index (χ0v) is 13.7. The van der Waals surface area contributed by atoms with Gasteiger partial charge in [-0.15, -0.1) is 0 Å². The molecule has 0 unspecified atom stereocenters. The summed E-state index contributed by atoms with van der Waals surface area (Å²) in [5.41, 5.74) is 1.37. The lowest BCUT2D eigenvalue weighted by Gasteiger charge is -2.39. The van der Waals surface area contributed by atoms with Gasteiger partial charge in [0.15, 0.2) is 6.10 Å². The third-order valence-corrected chi connectivity index (χ3v) is 4.22. The Morgan fingerprint density at radius 3 is 2.76 bits per heavy atom. The number of hydrogen-bond acceptors (Lipinski definition) is 2. The summed E-state index contributed by atoms with van der Waals surface area (Å²) in [4.78, 5) is 14.6. The standard InChI is InChI=1S/C18H27NO2/c1-5-15-9-6-7-10-16(15)21-14(2)17(20)19-12-8-11-18(3,4)13-19/h6-7,9-10,14H,5,8,11-13H2,1-4H3/t14-/m1/s1. The molecule has 0 radical (unpaired) electrons. The molecule has 1 aliphatic heterocycles. The van der Waals surface area contributed by atoms with E-state index >= 15 is 0 Å². The highest BCUT2D eigenvalue weighted by molar-refractivity contribution is 5.81. The lowest BCUT2D eigenvalue weighted by atomic mass is 9.84. The first-order valence-corrected chi connectivity index (χ1v) is 7.96. The van der Waals surface area contributed by atoms with Gasteiger partial charge in [0.2, 0.25) is 0 Å². The molecule has 1 aliphatic rings. The number of likely N-dealkylation sites (tertiary alicyclic amines) is 1. The van der Waals surface area contributed by atoms with Crippen LogP contribution in [-0.2, 0) is 11.2 Å². The Morgan fingerprint density at radius 2 is 2.10 bits per heavy atom. The molecule has 0 spiro atoms. The van der Waals surface area contributed by atoms with Crippen LogP contribution in [0.25, 0.3) is 0 Å². The van der Waals surface area contributed by atoms with Gasteiger partial charge in [0.25, 0.3) is 5.91 Å². The van der Waals surface area contributed by atoms with Crippen LogP contribution in [0.2, 0.25) is 0 Å². The quantitative estimate of drug-likeness (QED) is 0.846. The van der Waals surface area contributed by atoms with Gasteiger partial charge in [-0.3, -0.25) is 4.79 Å². The molecule has 1 aromatic rings. The van der Waals surface area contributed by atoms with Crippen molar-refractivity contribution < 1.29 is 9.53 Å². The summed E-state index contributed by atoms with van der Waals surface area (Å²) >= 11 is 0. The van der Waals surface area contributed by atoms with E-state index in [0.717, 1.165) is 37.2 Å². The molecule has 1 fully saturated rings. The lowest BCUT2D eigenvalue weighted by molar-refractivity contribution is -0.141. The van der Waals surface area contributed by atoms with Crippen LogP contribution >= 0.6 is 0 Å². The number of ether oxygens (including phenoxy) is 1. The summed E-state index contributed by atoms with van der Waals surface area (Å²) in [5, 5.41) is 0. The fourth-order valence-corrected chi connectivity index (χ4v) is 3.02. The highest BCUT2D eigenvalue weighted by Gasteiger charge is 2.31. The first-order valence-electron chi connectivity index (χ1n) is 7.96. The Balaban J connectivity index is 2.02. The van der Waals surface area contributed by atoms with Gasteiger partial charge >= 0.3 is 0 Å². The summed E-state index contributed by atoms with van der Waals surface area (Å²) in [6.07, 6.45) is 2.75. The average molecular weight is 289 g/mol. The van der Waals surface area contributed by atoms with Gasteiger partial charge in [0, 0.05) is 13.1 Å². The maximum absolute atomic E-state index is 12.6. The van der Waals surface area contributed by atoms with Crippen molar-refractivity contribution in [3.05, 3.63) is 29.8 Å². The van der Waals surface area contributed by atoms with E-state index < -0.39 is 6.10 Å². The fourth-order valence-electron chi connectivity index (χ4n) is 3.02. The van der Waals surface area contributed by atoms with E-state index in [1.54, 1.807) is 0 Å². The molecule has 0 saturated carbocycles. The van der Waals surface area contributed by atoms with Gasteiger partial charge in [0.1, 0.15) is 5.75 Å². The monoisotopic (exact) mass is 289 g/mol. The second-order valence-corrected chi connectivity index (χ2v) is 6.75. The second-order valence-electron chi connectivity index (χ2n) is 6.75. The Bertz CT molecular complexity index is 496. The summed E-state index contributed by atoms with van der Waals surface area (Å²) in [6, 6.07) is 7.96. The minimum Gasteiger partial charge on any atom is -0.481 e. The highest BCUT2D eigenvalue weighted by atomic mass is 16.5. The third-order valence-electron chi connectivity index (χ3n) is 4.22. The van der Waals surface area contributed by atoms with Crippen molar-refractivity contribution in [2.75, 3.05) is 13.1 Å². The molecule has 1 amide bonds. The summed E-state index contributed by atoms with van der Waals surface area (Å²) in [6.45, 7) is 10.1. The average Bonchev–Trinajstić information content (AvgIpc) is 2.46. The maximum Gasteiger partial charge on any atom is 0.263 e. The van der Waals surface area contributed by atoms with Crippen molar-refractivity contribution in [2.45, 2.75) is 53.1 Å². The van der Waals surface area contributed by atoms with Crippen LogP contribution in [0.5, 0.6) is 5.75 Å². The Morgan fingerprint density at radius 1 is 1.38 bits per heavy atom. The van der Waals surface area contributed by atoms with Crippen LogP contribution < -0.4 is 4.74 Å². The Hall–Kier alpha value is -1.51. The number of para-hydroxylation sites is 1. The van der Waals surface area contributed by atoms with Crippen LogP contribution in [0.15, 0.2) is 24.3 Å². The van der Waals surface area contributed by atoms with Crippen LogP contribution in [0.3, 0.4) is 0 Å². The molecular formula is C18H27NO2. The molecule has 2 rings (SSSR count). The Labute approximate surface area is 128 Å². The molecule has 3 heteroatoms. The molecule has 3 nitrogen and oxygen atoms in total. The van der Waals surface area contributed by atoms with Crippen LogP contribution in [0, 0.1) is 5.41 Å². The minimum atomic E-state index is -0.424. The molecule has 0 bridgehead atoms. The van der Waals surface area contributed by atoms with E-state index in [1.165, 1.54) is 6.42 Å². The number of rotatable bonds is 4. The predicted molar refractivity (Wildman–Crippen MR) is 85.5 cm³/mol. The number of carbonyl (C=O) groups excluding carboxylic acids is 1. The van der Waals surface area contributed by atoms with Gasteiger partial charge in [-0.05, 0) is 43.2 Å². The molecule has 1 atom stereocenters. The molecule has 0 aromatic heterocycles. The van der Waals surface area contributed by atoms with Crippen LogP contribution in [-0.4, -0.2) is 30.0 Å². The van der Waals surface area contributed by atoms with Crippen molar-refractivity contribution in [1.29, 1.82) is 0 Å². The molecule has 1 saturated heterocycles. The van der Waals surface area contributed by atoms with Crippen molar-refractivity contribution in [3.63, 3.8) is 0 Å². The third kappa shape index (κ3) is 3.99. The number of hydrogen-bond donors (Lipinski definition) is 0. The first-order chi connectivity index (χ1) is 9.93. The van der Waals surface area contributed by atoms with Gasteiger partial charge in [-0.1, -0.05) is 39.0 Å². The van der Waals surface area contributed by atoms with Gasteiger partial charge < -0.3 is 9.64 Å². The predicted octanol–water partition coefficient (Wildman–Crippen LogP) is 3.66. The molecule has 1 heterocycles. The number of piperidine rings is 1. The van der Waals surface area contributed by atoms with E-state index in [9.17, 15) is 4.79 Å². The van der Waals surface area contributed by atoms with Crippen LogP contribution in [0.4, 0.5) is 0 Å². The van der Waals surface area contributed by atoms with Crippen molar-refractivity contribution in [1.82, 2.24) is 4.90 Å². The fraction of sp³-hybridized carbons (Fsp3) is 0.611. The van der Waals surface area contributed by atoms with E-state index in [1.807, 2.05) is 30.0 Å². The van der Waals surface area contributed by atoms with E-state index in [2.05, 4.69) is 26.8 Å². The number of benzene rings is 1. The molecular weight excluding hydrogens is 262 g/mol. The van der Waals surface area contributed by atoms with Gasteiger partial charge in [0.05, 0.1) is 0 Å². The normalized spacial score (nSPS) is 19.1. The molecule has 116 valence electrons. The highest BCUT2D eigenvalue weighted by Crippen LogP contribution is 2.29. The van der Waals surface area contributed by atoms with Crippen molar-refractivity contribution >= 4 is 5.91 Å². The topological polar surface area (TPSA) is 29.5 Å². The summed E-state index contributed by atoms with van der Waals surface area (Å²) in [5.74, 6) is 0.936. The zero-order valence-electron chi connectivity index (χ0n) is 13.7. The molecule has 0 aliphatic carbocycles. The van der Waals surface area contributed by atoms with E-state index in [4.69, 9.17) is 4.74 Å². The smallest absolute Gasteiger partial charge is 0.263 e. The largest absolute Gasteiger partial charge is 0.481 e. The number of aryl methyl sites for hydroxylation is 1. The zero-order chi connectivity index (χ0) is 15.5. The first kappa shape index (κ1) is 15.9. The molecule has 21 heavy (non-hydrogen) atoms. The van der Waals surface area contributed by atoms with Gasteiger partial charge in [-0.2, -0.15) is 0 Å². The number of carbonyl (C=O) groups is 1. The van der Waals surface area contributed by atoms with Gasteiger partial charge in [-0.25, -0.2) is 0 Å². The number of nitrogens with zero attached hydrogens (tertiary/aromatic N) is 1. The molecule has 0 N–H and O–H groups in total. The number of amides is 1. The minimum absolute atomic E-state index is 0.105. The lowest BCUT2D eigenvalue weighted by Crippen LogP contribution is -2.48. The second kappa shape index (κ2) is 6.50. The SMILES string of the molecule is CCc1ccccc1O[C@H](C)C(=O)N1CCCC(C)(C)C1.